The second kappa shape index (κ2) is 4.61. The fourth-order valence-electron chi connectivity index (χ4n) is 1.68. The fraction of sp³-hybridized carbons (Fsp3) is 0.538. The van der Waals surface area contributed by atoms with Gasteiger partial charge in [0.15, 0.2) is 0 Å². The van der Waals surface area contributed by atoms with Gasteiger partial charge in [-0.1, -0.05) is 45.0 Å². The third kappa shape index (κ3) is 2.85. The van der Waals surface area contributed by atoms with Gasteiger partial charge in [0.05, 0.1) is 6.61 Å². The molecule has 0 aliphatic heterocycles. The van der Waals surface area contributed by atoms with Crippen LogP contribution in [0.1, 0.15) is 31.9 Å². The maximum absolute atomic E-state index is 5.11. The summed E-state index contributed by atoms with van der Waals surface area (Å²) in [7, 11) is 1.75. The predicted molar refractivity (Wildman–Crippen MR) is 60.7 cm³/mol. The van der Waals surface area contributed by atoms with Gasteiger partial charge in [-0.05, 0) is 23.0 Å². The second-order valence-corrected chi connectivity index (χ2v) is 4.65. The minimum atomic E-state index is 0.227. The maximum Gasteiger partial charge on any atom is 0.0502 e. The van der Waals surface area contributed by atoms with Crippen molar-refractivity contribution in [2.75, 3.05) is 13.7 Å². The van der Waals surface area contributed by atoms with Gasteiger partial charge in [0.2, 0.25) is 0 Å². The number of rotatable bonds is 3. The van der Waals surface area contributed by atoms with Crippen molar-refractivity contribution in [1.82, 2.24) is 0 Å². The van der Waals surface area contributed by atoms with Gasteiger partial charge in [0.25, 0.3) is 0 Å². The summed E-state index contributed by atoms with van der Waals surface area (Å²) in [6, 6.07) is 8.61. The highest BCUT2D eigenvalue weighted by molar-refractivity contribution is 5.32. The van der Waals surface area contributed by atoms with Gasteiger partial charge in [-0.25, -0.2) is 0 Å². The van der Waals surface area contributed by atoms with E-state index < -0.39 is 0 Å². The van der Waals surface area contributed by atoms with Gasteiger partial charge in [0.1, 0.15) is 0 Å². The van der Waals surface area contributed by atoms with Crippen molar-refractivity contribution in [3.63, 3.8) is 0 Å². The Morgan fingerprint density at radius 1 is 1.14 bits per heavy atom. The molecule has 0 aliphatic carbocycles. The van der Waals surface area contributed by atoms with Crippen molar-refractivity contribution >= 4 is 0 Å². The Kier molecular flexibility index (Phi) is 3.70. The Morgan fingerprint density at radius 3 is 2.36 bits per heavy atom. The molecular formula is C13H20O. The maximum atomic E-state index is 5.11. The topological polar surface area (TPSA) is 9.23 Å². The zero-order valence-electron chi connectivity index (χ0n) is 9.63. The first-order valence-corrected chi connectivity index (χ1v) is 5.13. The zero-order valence-corrected chi connectivity index (χ0v) is 9.63. The van der Waals surface area contributed by atoms with Crippen LogP contribution in [0.5, 0.6) is 0 Å². The van der Waals surface area contributed by atoms with Crippen LogP contribution in [0.25, 0.3) is 0 Å². The van der Waals surface area contributed by atoms with Crippen molar-refractivity contribution < 1.29 is 4.74 Å². The summed E-state index contributed by atoms with van der Waals surface area (Å²) in [6.07, 6.45) is 1.00. The van der Waals surface area contributed by atoms with Gasteiger partial charge in [0, 0.05) is 7.11 Å². The lowest BCUT2D eigenvalue weighted by Crippen LogP contribution is -2.14. The van der Waals surface area contributed by atoms with Crippen LogP contribution in [0.4, 0.5) is 0 Å². The molecule has 0 aliphatic rings. The summed E-state index contributed by atoms with van der Waals surface area (Å²) in [4.78, 5) is 0. The average Bonchev–Trinajstić information content (AvgIpc) is 2.14. The highest BCUT2D eigenvalue weighted by Crippen LogP contribution is 2.25. The number of ether oxygens (including phenoxy) is 1. The van der Waals surface area contributed by atoms with Gasteiger partial charge in [-0.2, -0.15) is 0 Å². The normalized spacial score (nSPS) is 11.7. The van der Waals surface area contributed by atoms with E-state index in [2.05, 4.69) is 45.0 Å². The van der Waals surface area contributed by atoms with Gasteiger partial charge in [-0.15, -0.1) is 0 Å². The fourth-order valence-corrected chi connectivity index (χ4v) is 1.68. The van der Waals surface area contributed by atoms with Crippen molar-refractivity contribution in [3.05, 3.63) is 35.4 Å². The van der Waals surface area contributed by atoms with E-state index in [9.17, 15) is 0 Å². The van der Waals surface area contributed by atoms with E-state index in [-0.39, 0.29) is 5.41 Å². The smallest absolute Gasteiger partial charge is 0.0502 e. The molecule has 0 saturated carbocycles. The average molecular weight is 192 g/mol. The summed E-state index contributed by atoms with van der Waals surface area (Å²) >= 11 is 0. The van der Waals surface area contributed by atoms with E-state index in [4.69, 9.17) is 4.74 Å². The van der Waals surface area contributed by atoms with E-state index in [1.807, 2.05) is 0 Å². The van der Waals surface area contributed by atoms with Crippen molar-refractivity contribution in [2.45, 2.75) is 32.6 Å². The highest BCUT2D eigenvalue weighted by Gasteiger charge is 2.16. The van der Waals surface area contributed by atoms with Crippen molar-refractivity contribution in [3.8, 4) is 0 Å². The Hall–Kier alpha value is -0.820. The molecule has 0 N–H and O–H groups in total. The van der Waals surface area contributed by atoms with Crippen LogP contribution in [-0.2, 0) is 16.6 Å². The molecule has 0 saturated heterocycles. The number of hydrogen-bond donors (Lipinski definition) is 0. The Balaban J connectivity index is 2.92. The SMILES string of the molecule is COCCc1ccccc1C(C)(C)C. The first kappa shape index (κ1) is 11.3. The summed E-state index contributed by atoms with van der Waals surface area (Å²) in [5.74, 6) is 0. The van der Waals surface area contributed by atoms with Crippen LogP contribution >= 0.6 is 0 Å². The number of hydrogen-bond acceptors (Lipinski definition) is 1. The van der Waals surface area contributed by atoms with E-state index in [0.717, 1.165) is 13.0 Å². The molecule has 1 nitrogen and oxygen atoms in total. The molecule has 0 amide bonds. The summed E-state index contributed by atoms with van der Waals surface area (Å²) < 4.78 is 5.11. The minimum absolute atomic E-state index is 0.227. The number of benzene rings is 1. The molecular weight excluding hydrogens is 172 g/mol. The molecule has 1 rings (SSSR count). The Bertz CT molecular complexity index is 284. The van der Waals surface area contributed by atoms with Crippen molar-refractivity contribution in [1.29, 1.82) is 0 Å². The largest absolute Gasteiger partial charge is 0.384 e. The lowest BCUT2D eigenvalue weighted by molar-refractivity contribution is 0.202. The van der Waals surface area contributed by atoms with Crippen LogP contribution in [0, 0.1) is 0 Å². The lowest BCUT2D eigenvalue weighted by atomic mass is 9.83. The molecule has 1 heteroatoms. The van der Waals surface area contributed by atoms with Crippen LogP contribution in [0.2, 0.25) is 0 Å². The Morgan fingerprint density at radius 2 is 1.79 bits per heavy atom. The molecule has 0 aromatic heterocycles. The van der Waals surface area contributed by atoms with E-state index in [1.54, 1.807) is 7.11 Å². The molecule has 0 unspecified atom stereocenters. The molecule has 0 bridgehead atoms. The zero-order chi connectivity index (χ0) is 10.6. The van der Waals surface area contributed by atoms with Crippen LogP contribution in [-0.4, -0.2) is 13.7 Å². The molecule has 1 aromatic rings. The van der Waals surface area contributed by atoms with E-state index in [1.165, 1.54) is 11.1 Å². The molecule has 0 radical (unpaired) electrons. The monoisotopic (exact) mass is 192 g/mol. The predicted octanol–water partition coefficient (Wildman–Crippen LogP) is 3.17. The molecule has 1 aromatic carbocycles. The third-order valence-electron chi connectivity index (χ3n) is 2.40. The van der Waals surface area contributed by atoms with E-state index in [0.29, 0.717) is 0 Å². The lowest BCUT2D eigenvalue weighted by Gasteiger charge is -2.22. The summed E-state index contributed by atoms with van der Waals surface area (Å²) in [6.45, 7) is 7.54. The van der Waals surface area contributed by atoms with Gasteiger partial charge < -0.3 is 4.74 Å². The minimum Gasteiger partial charge on any atom is -0.384 e. The van der Waals surface area contributed by atoms with Gasteiger partial charge in [-0.3, -0.25) is 0 Å². The van der Waals surface area contributed by atoms with E-state index >= 15 is 0 Å². The van der Waals surface area contributed by atoms with Crippen LogP contribution < -0.4 is 0 Å². The molecule has 0 spiro atoms. The highest BCUT2D eigenvalue weighted by atomic mass is 16.5. The number of methoxy groups -OCH3 is 1. The molecule has 0 atom stereocenters. The van der Waals surface area contributed by atoms with Crippen LogP contribution in [0.15, 0.2) is 24.3 Å². The summed E-state index contributed by atoms with van der Waals surface area (Å²) in [5, 5.41) is 0. The second-order valence-electron chi connectivity index (χ2n) is 4.65. The third-order valence-corrected chi connectivity index (χ3v) is 2.40. The molecule has 0 fully saturated rings. The molecule has 0 heterocycles. The first-order chi connectivity index (χ1) is 6.55. The standard InChI is InChI=1S/C13H20O/c1-13(2,3)12-8-6-5-7-11(12)9-10-14-4/h5-8H,9-10H2,1-4H3. The molecule has 78 valence electrons. The first-order valence-electron chi connectivity index (χ1n) is 5.13. The Labute approximate surface area is 87.1 Å². The van der Waals surface area contributed by atoms with Crippen molar-refractivity contribution in [2.24, 2.45) is 0 Å². The van der Waals surface area contributed by atoms with Crippen LogP contribution in [0.3, 0.4) is 0 Å². The summed E-state index contributed by atoms with van der Waals surface area (Å²) in [5.41, 5.74) is 3.06. The quantitative estimate of drug-likeness (QED) is 0.714. The molecule has 14 heavy (non-hydrogen) atoms. The van der Waals surface area contributed by atoms with Gasteiger partial charge >= 0.3 is 0 Å².